The Kier molecular flexibility index (Phi) is 3.63. The van der Waals surface area contributed by atoms with Crippen LogP contribution in [-0.4, -0.2) is 5.97 Å². The minimum atomic E-state index is -1.23. The van der Waals surface area contributed by atoms with E-state index in [1.807, 2.05) is 31.2 Å². The number of hydrogen-bond donors (Lipinski definition) is 0. The summed E-state index contributed by atoms with van der Waals surface area (Å²) in [5.74, 6) is -0.892. The maximum Gasteiger partial charge on any atom is 0.128 e. The molecule has 2 rings (SSSR count). The zero-order valence-corrected chi connectivity index (χ0v) is 10.1. The lowest BCUT2D eigenvalue weighted by atomic mass is 10.1. The predicted octanol–water partition coefficient (Wildman–Crippen LogP) is 1.94. The molecule has 0 saturated heterocycles. The molecule has 0 aromatic heterocycles. The van der Waals surface area contributed by atoms with E-state index in [0.717, 1.165) is 11.1 Å². The second-order valence-corrected chi connectivity index (χ2v) is 4.00. The third-order valence-corrected chi connectivity index (χ3v) is 2.75. The lowest BCUT2D eigenvalue weighted by molar-refractivity contribution is -0.255. The summed E-state index contributed by atoms with van der Waals surface area (Å²) in [6.07, 6.45) is 0. The van der Waals surface area contributed by atoms with Gasteiger partial charge in [-0.25, -0.2) is 0 Å². The van der Waals surface area contributed by atoms with Crippen molar-refractivity contribution in [3.63, 3.8) is 0 Å². The second kappa shape index (κ2) is 5.36. The topological polar surface area (TPSA) is 49.4 Å². The summed E-state index contributed by atoms with van der Waals surface area (Å²) in [6, 6.07) is 14.3. The number of hydrogen-bond acceptors (Lipinski definition) is 3. The Morgan fingerprint density at radius 2 is 1.78 bits per heavy atom. The van der Waals surface area contributed by atoms with Crippen molar-refractivity contribution < 1.29 is 14.6 Å². The Hall–Kier alpha value is -2.29. The van der Waals surface area contributed by atoms with Crippen LogP contribution in [0.5, 0.6) is 5.75 Å². The Bertz CT molecular complexity index is 561. The van der Waals surface area contributed by atoms with Gasteiger partial charge < -0.3 is 14.6 Å². The summed E-state index contributed by atoms with van der Waals surface area (Å²) in [5.41, 5.74) is 2.22. The SMILES string of the molecule is Cc1ccccc1COc1ccccc1C(=O)[O-]. The van der Waals surface area contributed by atoms with Crippen LogP contribution in [0.2, 0.25) is 0 Å². The van der Waals surface area contributed by atoms with E-state index < -0.39 is 5.97 Å². The molecule has 92 valence electrons. The quantitative estimate of drug-likeness (QED) is 0.821. The van der Waals surface area contributed by atoms with Crippen molar-refractivity contribution >= 4 is 5.97 Å². The highest BCUT2D eigenvalue weighted by atomic mass is 16.5. The van der Waals surface area contributed by atoms with Crippen molar-refractivity contribution in [2.24, 2.45) is 0 Å². The normalized spacial score (nSPS) is 10.1. The first-order chi connectivity index (χ1) is 8.68. The van der Waals surface area contributed by atoms with Crippen LogP contribution in [0.1, 0.15) is 21.5 Å². The van der Waals surface area contributed by atoms with Crippen LogP contribution in [0.25, 0.3) is 0 Å². The van der Waals surface area contributed by atoms with Gasteiger partial charge in [-0.1, -0.05) is 36.4 Å². The molecule has 2 aromatic carbocycles. The molecular weight excluding hydrogens is 228 g/mol. The number of para-hydroxylation sites is 1. The highest BCUT2D eigenvalue weighted by molar-refractivity contribution is 5.89. The van der Waals surface area contributed by atoms with Gasteiger partial charge in [-0.15, -0.1) is 0 Å². The molecule has 0 aliphatic rings. The van der Waals surface area contributed by atoms with Gasteiger partial charge in [0.15, 0.2) is 0 Å². The van der Waals surface area contributed by atoms with Gasteiger partial charge >= 0.3 is 0 Å². The van der Waals surface area contributed by atoms with Gasteiger partial charge in [0.2, 0.25) is 0 Å². The van der Waals surface area contributed by atoms with Gasteiger partial charge in [-0.05, 0) is 30.2 Å². The van der Waals surface area contributed by atoms with Gasteiger partial charge in [0, 0.05) is 5.56 Å². The first-order valence-electron chi connectivity index (χ1n) is 5.66. The van der Waals surface area contributed by atoms with Crippen LogP contribution < -0.4 is 9.84 Å². The van der Waals surface area contributed by atoms with E-state index in [4.69, 9.17) is 4.74 Å². The number of aromatic carboxylic acids is 1. The predicted molar refractivity (Wildman–Crippen MR) is 66.3 cm³/mol. The minimum Gasteiger partial charge on any atom is -0.545 e. The summed E-state index contributed by atoms with van der Waals surface area (Å²) in [6.45, 7) is 2.33. The lowest BCUT2D eigenvalue weighted by Gasteiger charge is -2.12. The molecule has 0 spiro atoms. The standard InChI is InChI=1S/C15H14O3/c1-11-6-2-3-7-12(11)10-18-14-9-5-4-8-13(14)15(16)17/h2-9H,10H2,1H3,(H,16,17)/p-1. The van der Waals surface area contributed by atoms with Crippen molar-refractivity contribution in [2.45, 2.75) is 13.5 Å². The second-order valence-electron chi connectivity index (χ2n) is 4.00. The molecule has 3 nitrogen and oxygen atoms in total. The summed E-state index contributed by atoms with van der Waals surface area (Å²) < 4.78 is 5.54. The fourth-order valence-electron chi connectivity index (χ4n) is 1.69. The average molecular weight is 241 g/mol. The monoisotopic (exact) mass is 241 g/mol. The number of carboxylic acids is 1. The van der Waals surface area contributed by atoms with Crippen LogP contribution in [0.3, 0.4) is 0 Å². The molecule has 3 heteroatoms. The van der Waals surface area contributed by atoms with Crippen molar-refractivity contribution in [3.05, 3.63) is 65.2 Å². The van der Waals surface area contributed by atoms with Gasteiger partial charge in [-0.3, -0.25) is 0 Å². The van der Waals surface area contributed by atoms with E-state index in [2.05, 4.69) is 0 Å². The third-order valence-electron chi connectivity index (χ3n) is 2.75. The largest absolute Gasteiger partial charge is 0.545 e. The van der Waals surface area contributed by atoms with Crippen molar-refractivity contribution in [1.82, 2.24) is 0 Å². The number of rotatable bonds is 4. The molecule has 0 atom stereocenters. The number of carboxylic acid groups (broad SMARTS) is 1. The maximum absolute atomic E-state index is 10.9. The third kappa shape index (κ3) is 2.69. The van der Waals surface area contributed by atoms with Crippen molar-refractivity contribution in [1.29, 1.82) is 0 Å². The average Bonchev–Trinajstić information content (AvgIpc) is 2.38. The molecule has 0 unspecified atom stereocenters. The summed E-state index contributed by atoms with van der Waals surface area (Å²) in [5, 5.41) is 10.9. The van der Waals surface area contributed by atoms with Gasteiger partial charge in [0.1, 0.15) is 12.4 Å². The number of ether oxygens (including phenoxy) is 1. The van der Waals surface area contributed by atoms with E-state index in [9.17, 15) is 9.90 Å². The number of benzene rings is 2. The molecule has 18 heavy (non-hydrogen) atoms. The molecule has 0 bridgehead atoms. The molecule has 0 radical (unpaired) electrons. The fraction of sp³-hybridized carbons (Fsp3) is 0.133. The summed E-state index contributed by atoms with van der Waals surface area (Å²) in [4.78, 5) is 10.9. The molecule has 0 fully saturated rings. The smallest absolute Gasteiger partial charge is 0.128 e. The Morgan fingerprint density at radius 1 is 1.11 bits per heavy atom. The number of aryl methyl sites for hydroxylation is 1. The number of carbonyl (C=O) groups excluding carboxylic acids is 1. The molecule has 0 N–H and O–H groups in total. The molecule has 0 saturated carbocycles. The van der Waals surface area contributed by atoms with Crippen molar-refractivity contribution in [3.8, 4) is 5.75 Å². The molecule has 0 aliphatic heterocycles. The van der Waals surface area contributed by atoms with Gasteiger partial charge in [-0.2, -0.15) is 0 Å². The van der Waals surface area contributed by atoms with E-state index in [-0.39, 0.29) is 5.56 Å². The Labute approximate surface area is 106 Å². The lowest BCUT2D eigenvalue weighted by Crippen LogP contribution is -2.23. The molecule has 2 aromatic rings. The van der Waals surface area contributed by atoms with Crippen LogP contribution in [-0.2, 0) is 6.61 Å². The van der Waals surface area contributed by atoms with Crippen LogP contribution in [0.15, 0.2) is 48.5 Å². The summed E-state index contributed by atoms with van der Waals surface area (Å²) >= 11 is 0. The zero-order chi connectivity index (χ0) is 13.0. The molecule has 0 amide bonds. The maximum atomic E-state index is 10.9. The summed E-state index contributed by atoms with van der Waals surface area (Å²) in [7, 11) is 0. The van der Waals surface area contributed by atoms with E-state index >= 15 is 0 Å². The fourth-order valence-corrected chi connectivity index (χ4v) is 1.69. The molecule has 0 aliphatic carbocycles. The zero-order valence-electron chi connectivity index (χ0n) is 10.1. The van der Waals surface area contributed by atoms with E-state index in [1.54, 1.807) is 18.2 Å². The van der Waals surface area contributed by atoms with Crippen LogP contribution in [0, 0.1) is 6.92 Å². The van der Waals surface area contributed by atoms with E-state index in [1.165, 1.54) is 6.07 Å². The van der Waals surface area contributed by atoms with E-state index in [0.29, 0.717) is 12.4 Å². The van der Waals surface area contributed by atoms with Gasteiger partial charge in [0.25, 0.3) is 0 Å². The molecule has 0 heterocycles. The Balaban J connectivity index is 2.16. The van der Waals surface area contributed by atoms with Crippen LogP contribution in [0.4, 0.5) is 0 Å². The first kappa shape index (κ1) is 12.2. The Morgan fingerprint density at radius 3 is 2.50 bits per heavy atom. The first-order valence-corrected chi connectivity index (χ1v) is 5.66. The molecular formula is C15H13O3-. The van der Waals surface area contributed by atoms with Crippen LogP contribution >= 0.6 is 0 Å². The van der Waals surface area contributed by atoms with Crippen molar-refractivity contribution in [2.75, 3.05) is 0 Å². The highest BCUT2D eigenvalue weighted by Crippen LogP contribution is 2.19. The number of carbonyl (C=O) groups is 1. The van der Waals surface area contributed by atoms with Gasteiger partial charge in [0.05, 0.1) is 5.97 Å². The highest BCUT2D eigenvalue weighted by Gasteiger charge is 2.04. The minimum absolute atomic E-state index is 0.0751.